The van der Waals surface area contributed by atoms with Gasteiger partial charge in [-0.3, -0.25) is 0 Å². The molecule has 0 fully saturated rings. The number of urea groups is 1. The lowest BCUT2D eigenvalue weighted by Crippen LogP contribution is -2.39. The maximum absolute atomic E-state index is 13.7. The molecule has 0 saturated carbocycles. The quantitative estimate of drug-likeness (QED) is 0.535. The predicted molar refractivity (Wildman–Crippen MR) is 125 cm³/mol. The molecule has 0 bridgehead atoms. The maximum Gasteiger partial charge on any atom is 0.322 e. The van der Waals surface area contributed by atoms with Gasteiger partial charge in [-0.05, 0) is 61.4 Å². The maximum atomic E-state index is 13.7. The van der Waals surface area contributed by atoms with Crippen LogP contribution in [0.25, 0.3) is 5.00 Å². The van der Waals surface area contributed by atoms with E-state index in [9.17, 15) is 4.79 Å². The molecule has 1 aliphatic heterocycles. The van der Waals surface area contributed by atoms with E-state index in [0.29, 0.717) is 18.0 Å². The molecule has 1 aliphatic carbocycles. The average Bonchev–Trinajstić information content (AvgIpc) is 3.35. The Morgan fingerprint density at radius 1 is 1.13 bits per heavy atom. The van der Waals surface area contributed by atoms with Crippen molar-refractivity contribution >= 4 is 23.1 Å². The van der Waals surface area contributed by atoms with Crippen LogP contribution in [0.3, 0.4) is 0 Å². The minimum Gasteiger partial charge on any atom is -0.495 e. The Morgan fingerprint density at radius 3 is 2.74 bits per heavy atom. The fraction of sp³-hybridized carbons (Fsp3) is 0.400. The van der Waals surface area contributed by atoms with Crippen LogP contribution in [0.4, 0.5) is 10.5 Å². The third-order valence-electron chi connectivity index (χ3n) is 6.47. The topological polar surface area (TPSA) is 46.5 Å². The summed E-state index contributed by atoms with van der Waals surface area (Å²) in [7, 11) is 1.63. The van der Waals surface area contributed by atoms with E-state index in [1.165, 1.54) is 39.5 Å². The minimum atomic E-state index is -0.0837. The molecular formula is C25H29N3O2S. The van der Waals surface area contributed by atoms with Crippen LogP contribution < -0.4 is 10.1 Å². The molecule has 162 valence electrons. The molecule has 3 aromatic rings. The molecule has 31 heavy (non-hydrogen) atoms. The van der Waals surface area contributed by atoms with Gasteiger partial charge in [-0.2, -0.15) is 0 Å². The third kappa shape index (κ3) is 3.43. The van der Waals surface area contributed by atoms with Gasteiger partial charge in [0.2, 0.25) is 0 Å². The molecule has 1 N–H and O–H groups in total. The summed E-state index contributed by atoms with van der Waals surface area (Å²) in [6.45, 7) is 5.02. The van der Waals surface area contributed by atoms with E-state index >= 15 is 0 Å². The van der Waals surface area contributed by atoms with E-state index in [2.05, 4.69) is 42.1 Å². The first-order valence-corrected chi connectivity index (χ1v) is 11.9. The number of benzene rings is 1. The van der Waals surface area contributed by atoms with Crippen molar-refractivity contribution in [3.63, 3.8) is 0 Å². The van der Waals surface area contributed by atoms with Gasteiger partial charge in [0.15, 0.2) is 0 Å². The molecule has 2 amide bonds. The van der Waals surface area contributed by atoms with Gasteiger partial charge in [0.05, 0.1) is 25.4 Å². The summed E-state index contributed by atoms with van der Waals surface area (Å²) in [6, 6.07) is 11.8. The summed E-state index contributed by atoms with van der Waals surface area (Å²) < 4.78 is 7.79. The number of hydrogen-bond donors (Lipinski definition) is 1. The van der Waals surface area contributed by atoms with Crippen molar-refractivity contribution in [2.24, 2.45) is 5.92 Å². The van der Waals surface area contributed by atoms with Crippen molar-refractivity contribution in [3.05, 3.63) is 64.3 Å². The van der Waals surface area contributed by atoms with Crippen LogP contribution >= 0.6 is 11.3 Å². The van der Waals surface area contributed by atoms with Gasteiger partial charge in [0.1, 0.15) is 10.8 Å². The summed E-state index contributed by atoms with van der Waals surface area (Å²) in [5, 5.41) is 4.42. The van der Waals surface area contributed by atoms with Crippen LogP contribution in [-0.2, 0) is 19.4 Å². The van der Waals surface area contributed by atoms with E-state index in [-0.39, 0.29) is 18.0 Å². The zero-order chi connectivity index (χ0) is 21.5. The van der Waals surface area contributed by atoms with E-state index in [1.54, 1.807) is 7.11 Å². The van der Waals surface area contributed by atoms with Crippen molar-refractivity contribution < 1.29 is 9.53 Å². The Kier molecular flexibility index (Phi) is 5.26. The normalized spacial score (nSPS) is 17.5. The van der Waals surface area contributed by atoms with Crippen molar-refractivity contribution in [1.82, 2.24) is 9.47 Å². The largest absolute Gasteiger partial charge is 0.495 e. The Hall–Kier alpha value is -2.73. The number of carbonyl (C=O) groups is 1. The smallest absolute Gasteiger partial charge is 0.322 e. The zero-order valence-corrected chi connectivity index (χ0v) is 19.2. The molecule has 1 unspecified atom stereocenters. The zero-order valence-electron chi connectivity index (χ0n) is 18.4. The molecule has 3 heterocycles. The lowest BCUT2D eigenvalue weighted by Gasteiger charge is -2.33. The number of hydrogen-bond acceptors (Lipinski definition) is 3. The van der Waals surface area contributed by atoms with Gasteiger partial charge in [0, 0.05) is 22.3 Å². The SMILES string of the molecule is COc1ccccc1NC(=O)N1Cc2c(sc3c2CCCC3)-n2cccc2C1C(C)C. The Balaban J connectivity index is 1.59. The first kappa shape index (κ1) is 20.2. The number of methoxy groups -OCH3 is 1. The molecule has 1 atom stereocenters. The standard InChI is InChI=1S/C25H29N3O2S/c1-16(2)23-20-11-8-14-27(20)24-18(17-9-4-7-13-22(17)31-24)15-28(23)25(29)26-19-10-5-6-12-21(19)30-3/h5-6,8,10-12,14,16,23H,4,7,9,13,15H2,1-3H3,(H,26,29). The van der Waals surface area contributed by atoms with Gasteiger partial charge in [-0.25, -0.2) is 4.79 Å². The third-order valence-corrected chi connectivity index (χ3v) is 7.80. The van der Waals surface area contributed by atoms with Crippen molar-refractivity contribution in [1.29, 1.82) is 0 Å². The van der Waals surface area contributed by atoms with Gasteiger partial charge in [-0.1, -0.05) is 26.0 Å². The number of thiophene rings is 1. The summed E-state index contributed by atoms with van der Waals surface area (Å²) >= 11 is 1.92. The van der Waals surface area contributed by atoms with Crippen LogP contribution in [-0.4, -0.2) is 22.6 Å². The lowest BCUT2D eigenvalue weighted by molar-refractivity contribution is 0.161. The van der Waals surface area contributed by atoms with Crippen LogP contribution in [0.15, 0.2) is 42.6 Å². The number of aromatic nitrogens is 1. The number of rotatable bonds is 3. The number of ether oxygens (including phenoxy) is 1. The van der Waals surface area contributed by atoms with Gasteiger partial charge in [-0.15, -0.1) is 11.3 Å². The highest BCUT2D eigenvalue weighted by Crippen LogP contribution is 2.44. The number of nitrogens with zero attached hydrogens (tertiary/aromatic N) is 2. The number of nitrogens with one attached hydrogen (secondary N) is 1. The molecule has 2 aromatic heterocycles. The second kappa shape index (κ2) is 8.08. The van der Waals surface area contributed by atoms with Crippen LogP contribution in [0, 0.1) is 5.92 Å². The van der Waals surface area contributed by atoms with Crippen molar-refractivity contribution in [2.75, 3.05) is 12.4 Å². The Morgan fingerprint density at radius 2 is 1.94 bits per heavy atom. The molecule has 5 nitrogen and oxygen atoms in total. The fourth-order valence-electron chi connectivity index (χ4n) is 5.06. The number of para-hydroxylation sites is 2. The second-order valence-corrected chi connectivity index (χ2v) is 9.83. The lowest BCUT2D eigenvalue weighted by atomic mass is 9.94. The summed E-state index contributed by atoms with van der Waals surface area (Å²) in [5.41, 5.74) is 4.69. The minimum absolute atomic E-state index is 0.0106. The van der Waals surface area contributed by atoms with Gasteiger partial charge < -0.3 is 19.5 Å². The molecular weight excluding hydrogens is 406 g/mol. The van der Waals surface area contributed by atoms with E-state index in [4.69, 9.17) is 4.74 Å². The van der Waals surface area contributed by atoms with Crippen LogP contribution in [0.5, 0.6) is 5.75 Å². The first-order valence-electron chi connectivity index (χ1n) is 11.1. The number of fused-ring (bicyclic) bond motifs is 5. The molecule has 0 radical (unpaired) electrons. The molecule has 0 spiro atoms. The van der Waals surface area contributed by atoms with Crippen LogP contribution in [0.2, 0.25) is 0 Å². The average molecular weight is 436 g/mol. The highest BCUT2D eigenvalue weighted by atomic mass is 32.1. The number of anilines is 1. The molecule has 0 saturated heterocycles. The van der Waals surface area contributed by atoms with E-state index in [1.807, 2.05) is 40.5 Å². The summed E-state index contributed by atoms with van der Waals surface area (Å²) in [4.78, 5) is 17.2. The molecule has 5 rings (SSSR count). The monoisotopic (exact) mass is 435 g/mol. The Labute approximate surface area is 187 Å². The number of carbonyl (C=O) groups excluding carboxylic acids is 1. The fourth-order valence-corrected chi connectivity index (χ4v) is 6.46. The predicted octanol–water partition coefficient (Wildman–Crippen LogP) is 6.17. The summed E-state index contributed by atoms with van der Waals surface area (Å²) in [5.74, 6) is 0.950. The first-order chi connectivity index (χ1) is 15.1. The highest BCUT2D eigenvalue weighted by Gasteiger charge is 2.36. The van der Waals surface area contributed by atoms with Gasteiger partial charge in [0.25, 0.3) is 0 Å². The van der Waals surface area contributed by atoms with Crippen molar-refractivity contribution in [2.45, 2.75) is 52.1 Å². The molecule has 6 heteroatoms. The number of aryl methyl sites for hydroxylation is 1. The highest BCUT2D eigenvalue weighted by molar-refractivity contribution is 7.15. The van der Waals surface area contributed by atoms with E-state index in [0.717, 1.165) is 12.8 Å². The van der Waals surface area contributed by atoms with Crippen LogP contribution in [0.1, 0.15) is 54.4 Å². The second-order valence-electron chi connectivity index (χ2n) is 8.74. The Bertz CT molecular complexity index is 1110. The summed E-state index contributed by atoms with van der Waals surface area (Å²) in [6.07, 6.45) is 6.93. The molecule has 1 aromatic carbocycles. The van der Waals surface area contributed by atoms with E-state index < -0.39 is 0 Å². The molecule has 2 aliphatic rings. The van der Waals surface area contributed by atoms with Crippen molar-refractivity contribution in [3.8, 4) is 10.8 Å². The van der Waals surface area contributed by atoms with Gasteiger partial charge >= 0.3 is 6.03 Å². The number of amides is 2.